The van der Waals surface area contributed by atoms with Gasteiger partial charge in [-0.05, 0) is 60.7 Å². The first kappa shape index (κ1) is 23.2. The summed E-state index contributed by atoms with van der Waals surface area (Å²) in [5, 5.41) is 0. The third-order valence-corrected chi connectivity index (χ3v) is 7.21. The maximum Gasteiger partial charge on any atom is 0.254 e. The number of nitrogens with zero attached hydrogens (tertiary/aromatic N) is 2. The molecule has 178 valence electrons. The van der Waals surface area contributed by atoms with Crippen LogP contribution in [-0.2, 0) is 13.1 Å². The van der Waals surface area contributed by atoms with Gasteiger partial charge in [0.05, 0.1) is 6.54 Å². The van der Waals surface area contributed by atoms with E-state index in [2.05, 4.69) is 83.3 Å². The molecule has 0 unspecified atom stereocenters. The number of rotatable bonds is 7. The van der Waals surface area contributed by atoms with Crippen LogP contribution in [0.5, 0.6) is 0 Å². The average Bonchev–Trinajstić information content (AvgIpc) is 3.34. The van der Waals surface area contributed by atoms with Crippen LogP contribution in [0.4, 0.5) is 0 Å². The van der Waals surface area contributed by atoms with Crippen LogP contribution >= 0.6 is 0 Å². The molecule has 0 spiro atoms. The molecule has 3 nitrogen and oxygen atoms in total. The SMILES string of the molecule is Cc1cccc(Cn2cccc2CN(C(=O)c2ccc(-c3ccccc3)cc2)C2CCCCC2)c1. The molecule has 3 heteroatoms. The van der Waals surface area contributed by atoms with Gasteiger partial charge in [0.15, 0.2) is 0 Å². The maximum absolute atomic E-state index is 13.8. The lowest BCUT2D eigenvalue weighted by Gasteiger charge is -2.35. The van der Waals surface area contributed by atoms with Crippen molar-refractivity contribution in [3.8, 4) is 11.1 Å². The molecule has 0 aliphatic heterocycles. The van der Waals surface area contributed by atoms with Gasteiger partial charge in [0.2, 0.25) is 0 Å². The lowest BCUT2D eigenvalue weighted by atomic mass is 9.93. The van der Waals surface area contributed by atoms with Gasteiger partial charge in [-0.3, -0.25) is 4.79 Å². The number of benzene rings is 3. The van der Waals surface area contributed by atoms with E-state index in [4.69, 9.17) is 0 Å². The monoisotopic (exact) mass is 462 g/mol. The highest BCUT2D eigenvalue weighted by atomic mass is 16.2. The highest BCUT2D eigenvalue weighted by Gasteiger charge is 2.27. The number of amides is 1. The molecule has 0 bridgehead atoms. The fourth-order valence-electron chi connectivity index (χ4n) is 5.29. The molecule has 3 aromatic carbocycles. The zero-order chi connectivity index (χ0) is 24.0. The van der Waals surface area contributed by atoms with Crippen molar-refractivity contribution in [2.75, 3.05) is 0 Å². The van der Waals surface area contributed by atoms with Crippen LogP contribution in [0.15, 0.2) is 97.2 Å². The van der Waals surface area contributed by atoms with E-state index in [0.717, 1.165) is 30.5 Å². The van der Waals surface area contributed by atoms with Gasteiger partial charge in [0.1, 0.15) is 0 Å². The molecule has 1 aliphatic rings. The Morgan fingerprint density at radius 2 is 1.57 bits per heavy atom. The van der Waals surface area contributed by atoms with Crippen LogP contribution in [0.1, 0.15) is 59.3 Å². The Morgan fingerprint density at radius 3 is 2.31 bits per heavy atom. The second-order valence-electron chi connectivity index (χ2n) is 9.78. The lowest BCUT2D eigenvalue weighted by molar-refractivity contribution is 0.0608. The molecule has 5 rings (SSSR count). The summed E-state index contributed by atoms with van der Waals surface area (Å²) in [6.45, 7) is 3.60. The molecule has 0 atom stereocenters. The highest BCUT2D eigenvalue weighted by Crippen LogP contribution is 2.27. The summed E-state index contributed by atoms with van der Waals surface area (Å²) >= 11 is 0. The van der Waals surface area contributed by atoms with Crippen LogP contribution in [0.2, 0.25) is 0 Å². The topological polar surface area (TPSA) is 25.2 Å². The Bertz CT molecular complexity index is 1250. The molecule has 1 fully saturated rings. The van der Waals surface area contributed by atoms with E-state index in [9.17, 15) is 4.79 Å². The van der Waals surface area contributed by atoms with E-state index in [1.54, 1.807) is 0 Å². The molecule has 1 aromatic heterocycles. The van der Waals surface area contributed by atoms with Gasteiger partial charge >= 0.3 is 0 Å². The standard InChI is InChI=1S/C32H34N2O/c1-25-10-8-11-26(22-25)23-33-21-9-16-31(33)24-34(30-14-6-3-7-15-30)32(35)29-19-17-28(18-20-29)27-12-4-2-5-13-27/h2,4-5,8-13,16-22,30H,3,6-7,14-15,23-24H2,1H3. The summed E-state index contributed by atoms with van der Waals surface area (Å²) in [5.74, 6) is 0.139. The Morgan fingerprint density at radius 1 is 0.829 bits per heavy atom. The number of hydrogen-bond acceptors (Lipinski definition) is 1. The molecule has 1 aliphatic carbocycles. The molecule has 1 heterocycles. The largest absolute Gasteiger partial charge is 0.345 e. The zero-order valence-corrected chi connectivity index (χ0v) is 20.6. The second kappa shape index (κ2) is 10.8. The number of aryl methyl sites for hydroxylation is 1. The fraction of sp³-hybridized carbons (Fsp3) is 0.281. The van der Waals surface area contributed by atoms with Gasteiger partial charge in [0.25, 0.3) is 5.91 Å². The summed E-state index contributed by atoms with van der Waals surface area (Å²) in [5.41, 5.74) is 6.82. The van der Waals surface area contributed by atoms with Crippen molar-refractivity contribution in [1.82, 2.24) is 9.47 Å². The number of hydrogen-bond donors (Lipinski definition) is 0. The molecular formula is C32H34N2O. The normalized spacial score (nSPS) is 14.1. The van der Waals surface area contributed by atoms with Gasteiger partial charge in [-0.2, -0.15) is 0 Å². The molecule has 0 saturated heterocycles. The predicted octanol–water partition coefficient (Wildman–Crippen LogP) is 7.49. The average molecular weight is 463 g/mol. The van der Waals surface area contributed by atoms with E-state index in [1.807, 2.05) is 30.3 Å². The minimum atomic E-state index is 0.139. The Balaban J connectivity index is 1.39. The second-order valence-corrected chi connectivity index (χ2v) is 9.78. The molecule has 1 saturated carbocycles. The van der Waals surface area contributed by atoms with Crippen molar-refractivity contribution in [3.05, 3.63) is 120 Å². The van der Waals surface area contributed by atoms with Crippen molar-refractivity contribution in [3.63, 3.8) is 0 Å². The maximum atomic E-state index is 13.8. The van der Waals surface area contributed by atoms with Crippen LogP contribution < -0.4 is 0 Å². The summed E-state index contributed by atoms with van der Waals surface area (Å²) < 4.78 is 2.29. The Hall–Kier alpha value is -3.59. The van der Waals surface area contributed by atoms with E-state index in [1.165, 1.54) is 41.6 Å². The summed E-state index contributed by atoms with van der Waals surface area (Å²) in [4.78, 5) is 16.0. The number of carbonyl (C=O) groups is 1. The predicted molar refractivity (Wildman–Crippen MR) is 143 cm³/mol. The molecule has 4 aromatic rings. The third kappa shape index (κ3) is 5.57. The molecule has 0 radical (unpaired) electrons. The number of carbonyl (C=O) groups excluding carboxylic acids is 1. The molecular weight excluding hydrogens is 428 g/mol. The Labute approximate surface area is 209 Å². The van der Waals surface area contributed by atoms with Crippen LogP contribution in [0.3, 0.4) is 0 Å². The smallest absolute Gasteiger partial charge is 0.254 e. The minimum absolute atomic E-state index is 0.139. The molecule has 35 heavy (non-hydrogen) atoms. The molecule has 1 amide bonds. The van der Waals surface area contributed by atoms with Gasteiger partial charge in [0, 0.05) is 30.0 Å². The van der Waals surface area contributed by atoms with Crippen molar-refractivity contribution < 1.29 is 4.79 Å². The number of aromatic nitrogens is 1. The first-order valence-electron chi connectivity index (χ1n) is 12.8. The van der Waals surface area contributed by atoms with Crippen molar-refractivity contribution in [2.45, 2.75) is 58.2 Å². The highest BCUT2D eigenvalue weighted by molar-refractivity contribution is 5.95. The first-order chi connectivity index (χ1) is 17.2. The first-order valence-corrected chi connectivity index (χ1v) is 12.8. The van der Waals surface area contributed by atoms with Crippen LogP contribution in [0.25, 0.3) is 11.1 Å². The zero-order valence-electron chi connectivity index (χ0n) is 20.6. The minimum Gasteiger partial charge on any atom is -0.345 e. The Kier molecular flexibility index (Phi) is 7.13. The summed E-state index contributed by atoms with van der Waals surface area (Å²) in [6.07, 6.45) is 7.99. The fourth-order valence-corrected chi connectivity index (χ4v) is 5.29. The van der Waals surface area contributed by atoms with E-state index in [0.29, 0.717) is 12.6 Å². The van der Waals surface area contributed by atoms with Gasteiger partial charge in [-0.15, -0.1) is 0 Å². The van der Waals surface area contributed by atoms with Crippen molar-refractivity contribution in [2.24, 2.45) is 0 Å². The van der Waals surface area contributed by atoms with E-state index < -0.39 is 0 Å². The van der Waals surface area contributed by atoms with Crippen molar-refractivity contribution in [1.29, 1.82) is 0 Å². The summed E-state index contributed by atoms with van der Waals surface area (Å²) in [6, 6.07) is 31.7. The van der Waals surface area contributed by atoms with Gasteiger partial charge in [-0.1, -0.05) is 91.6 Å². The van der Waals surface area contributed by atoms with E-state index in [-0.39, 0.29) is 5.91 Å². The van der Waals surface area contributed by atoms with Crippen LogP contribution in [-0.4, -0.2) is 21.4 Å². The lowest BCUT2D eigenvalue weighted by Crippen LogP contribution is -2.41. The molecule has 0 N–H and O–H groups in total. The van der Waals surface area contributed by atoms with Crippen molar-refractivity contribution >= 4 is 5.91 Å². The summed E-state index contributed by atoms with van der Waals surface area (Å²) in [7, 11) is 0. The van der Waals surface area contributed by atoms with Gasteiger partial charge < -0.3 is 9.47 Å². The quantitative estimate of drug-likeness (QED) is 0.279. The van der Waals surface area contributed by atoms with Crippen LogP contribution in [0, 0.1) is 6.92 Å². The van der Waals surface area contributed by atoms with E-state index >= 15 is 0 Å². The third-order valence-electron chi connectivity index (χ3n) is 7.21. The van der Waals surface area contributed by atoms with Gasteiger partial charge in [-0.25, -0.2) is 0 Å².